The van der Waals surface area contributed by atoms with Gasteiger partial charge < -0.3 is 14.0 Å². The van der Waals surface area contributed by atoms with Gasteiger partial charge in [-0.05, 0) is 63.3 Å². The van der Waals surface area contributed by atoms with Crippen molar-refractivity contribution in [1.29, 1.82) is 0 Å². The minimum atomic E-state index is -0.380. The van der Waals surface area contributed by atoms with E-state index in [-0.39, 0.29) is 18.3 Å². The van der Waals surface area contributed by atoms with Crippen molar-refractivity contribution in [2.24, 2.45) is 0 Å². The molecule has 0 aromatic heterocycles. The topological polar surface area (TPSA) is 27.7 Å². The second kappa shape index (κ2) is 6.78. The molecular formula is C20H24BBrO3. The van der Waals surface area contributed by atoms with E-state index in [9.17, 15) is 0 Å². The summed E-state index contributed by atoms with van der Waals surface area (Å²) in [5, 5.41) is 0. The molecule has 2 aromatic carbocycles. The number of ether oxygens (including phenoxy) is 1. The van der Waals surface area contributed by atoms with Gasteiger partial charge in [-0.3, -0.25) is 0 Å². The lowest BCUT2D eigenvalue weighted by molar-refractivity contribution is 0.00578. The summed E-state index contributed by atoms with van der Waals surface area (Å²) < 4.78 is 19.4. The van der Waals surface area contributed by atoms with E-state index in [0.29, 0.717) is 6.61 Å². The predicted octanol–water partition coefficient (Wildman–Crippen LogP) is 4.64. The molecule has 0 atom stereocenters. The summed E-state index contributed by atoms with van der Waals surface area (Å²) >= 11 is 3.55. The maximum Gasteiger partial charge on any atom is 0.495 e. The van der Waals surface area contributed by atoms with Crippen molar-refractivity contribution in [3.05, 3.63) is 58.1 Å². The van der Waals surface area contributed by atoms with Crippen LogP contribution in [0.3, 0.4) is 0 Å². The summed E-state index contributed by atoms with van der Waals surface area (Å²) in [6.45, 7) is 10.8. The third-order valence-electron chi connectivity index (χ3n) is 5.10. The van der Waals surface area contributed by atoms with Gasteiger partial charge in [-0.25, -0.2) is 0 Å². The fourth-order valence-corrected chi connectivity index (χ4v) is 3.05. The van der Waals surface area contributed by atoms with E-state index >= 15 is 0 Å². The molecule has 0 amide bonds. The third kappa shape index (κ3) is 3.79. The molecule has 3 rings (SSSR count). The molecule has 1 saturated heterocycles. The fourth-order valence-electron chi connectivity index (χ4n) is 2.69. The van der Waals surface area contributed by atoms with Crippen molar-refractivity contribution >= 4 is 28.5 Å². The second-order valence-electron chi connectivity index (χ2n) is 7.49. The maximum atomic E-state index is 6.19. The summed E-state index contributed by atoms with van der Waals surface area (Å²) in [6, 6.07) is 14.1. The predicted molar refractivity (Wildman–Crippen MR) is 105 cm³/mol. The standard InChI is InChI=1S/C20H24BBrO3/c1-14-10-11-16(12-18(14)22)23-13-15-8-6-7-9-17(15)21-24-19(2,3)20(4,5)25-21/h6-12H,13H2,1-5H3. The number of rotatable bonds is 4. The number of benzene rings is 2. The fraction of sp³-hybridized carbons (Fsp3) is 0.400. The van der Waals surface area contributed by atoms with E-state index in [1.807, 2.05) is 36.4 Å². The third-order valence-corrected chi connectivity index (χ3v) is 5.95. The number of aryl methyl sites for hydroxylation is 1. The molecular weight excluding hydrogens is 379 g/mol. The smallest absolute Gasteiger partial charge is 0.489 e. The summed E-state index contributed by atoms with van der Waals surface area (Å²) in [4.78, 5) is 0. The molecule has 0 radical (unpaired) electrons. The van der Waals surface area contributed by atoms with E-state index in [4.69, 9.17) is 14.0 Å². The molecule has 1 fully saturated rings. The van der Waals surface area contributed by atoms with Crippen LogP contribution in [0.5, 0.6) is 5.75 Å². The Balaban J connectivity index is 1.79. The van der Waals surface area contributed by atoms with Crippen LogP contribution >= 0.6 is 15.9 Å². The van der Waals surface area contributed by atoms with Crippen LogP contribution in [0.1, 0.15) is 38.8 Å². The van der Waals surface area contributed by atoms with Crippen LogP contribution in [0.4, 0.5) is 0 Å². The highest BCUT2D eigenvalue weighted by Crippen LogP contribution is 2.36. The first-order valence-electron chi connectivity index (χ1n) is 8.52. The van der Waals surface area contributed by atoms with Crippen LogP contribution < -0.4 is 10.2 Å². The minimum absolute atomic E-state index is 0.354. The molecule has 1 heterocycles. The lowest BCUT2D eigenvalue weighted by atomic mass is 9.76. The number of halogens is 1. The lowest BCUT2D eigenvalue weighted by Gasteiger charge is -2.32. The van der Waals surface area contributed by atoms with Gasteiger partial charge in [-0.15, -0.1) is 0 Å². The van der Waals surface area contributed by atoms with E-state index in [1.165, 1.54) is 5.56 Å². The van der Waals surface area contributed by atoms with Crippen LogP contribution in [0.25, 0.3) is 0 Å². The highest BCUT2D eigenvalue weighted by atomic mass is 79.9. The molecule has 3 nitrogen and oxygen atoms in total. The Morgan fingerprint density at radius 2 is 1.64 bits per heavy atom. The minimum Gasteiger partial charge on any atom is -0.489 e. The molecule has 25 heavy (non-hydrogen) atoms. The first-order valence-corrected chi connectivity index (χ1v) is 9.31. The van der Waals surface area contributed by atoms with Gasteiger partial charge >= 0.3 is 7.12 Å². The molecule has 0 spiro atoms. The van der Waals surface area contributed by atoms with Gasteiger partial charge in [0.25, 0.3) is 0 Å². The van der Waals surface area contributed by atoms with Crippen molar-refractivity contribution in [1.82, 2.24) is 0 Å². The van der Waals surface area contributed by atoms with Gasteiger partial charge in [0.05, 0.1) is 11.2 Å². The van der Waals surface area contributed by atoms with Crippen LogP contribution in [0, 0.1) is 6.92 Å². The monoisotopic (exact) mass is 402 g/mol. The van der Waals surface area contributed by atoms with Crippen molar-refractivity contribution in [2.45, 2.75) is 52.4 Å². The second-order valence-corrected chi connectivity index (χ2v) is 8.34. The highest BCUT2D eigenvalue weighted by Gasteiger charge is 2.52. The van der Waals surface area contributed by atoms with E-state index in [2.05, 4.69) is 56.6 Å². The Morgan fingerprint density at radius 1 is 1.00 bits per heavy atom. The molecule has 1 aliphatic heterocycles. The zero-order valence-electron chi connectivity index (χ0n) is 15.4. The van der Waals surface area contributed by atoms with Crippen molar-refractivity contribution < 1.29 is 14.0 Å². The van der Waals surface area contributed by atoms with E-state index < -0.39 is 0 Å². The van der Waals surface area contributed by atoms with Crippen LogP contribution in [-0.2, 0) is 15.9 Å². The average molecular weight is 403 g/mol. The SMILES string of the molecule is Cc1ccc(OCc2ccccc2B2OC(C)(C)C(C)(C)O2)cc1Br. The summed E-state index contributed by atoms with van der Waals surface area (Å²) in [7, 11) is -0.380. The largest absolute Gasteiger partial charge is 0.495 e. The molecule has 0 bridgehead atoms. The van der Waals surface area contributed by atoms with E-state index in [1.54, 1.807) is 0 Å². The summed E-state index contributed by atoms with van der Waals surface area (Å²) in [5.74, 6) is 0.834. The maximum absolute atomic E-state index is 6.19. The Morgan fingerprint density at radius 3 is 2.28 bits per heavy atom. The first kappa shape index (κ1) is 18.5. The van der Waals surface area contributed by atoms with Gasteiger partial charge in [0.15, 0.2) is 0 Å². The number of hydrogen-bond acceptors (Lipinski definition) is 3. The molecule has 1 aliphatic rings. The highest BCUT2D eigenvalue weighted by molar-refractivity contribution is 9.10. The van der Waals surface area contributed by atoms with Crippen molar-refractivity contribution in [2.75, 3.05) is 0 Å². The Hall–Kier alpha value is -1.30. The molecule has 0 N–H and O–H groups in total. The van der Waals surface area contributed by atoms with Gasteiger partial charge in [0.1, 0.15) is 12.4 Å². The van der Waals surface area contributed by atoms with Crippen LogP contribution in [0.2, 0.25) is 0 Å². The Kier molecular flexibility index (Phi) is 5.02. The molecule has 5 heteroatoms. The van der Waals surface area contributed by atoms with Gasteiger partial charge in [-0.1, -0.05) is 46.3 Å². The van der Waals surface area contributed by atoms with Gasteiger partial charge in [0, 0.05) is 4.47 Å². The van der Waals surface area contributed by atoms with E-state index in [0.717, 1.165) is 21.2 Å². The van der Waals surface area contributed by atoms with Gasteiger partial charge in [0.2, 0.25) is 0 Å². The van der Waals surface area contributed by atoms with Gasteiger partial charge in [-0.2, -0.15) is 0 Å². The van der Waals surface area contributed by atoms with Crippen molar-refractivity contribution in [3.63, 3.8) is 0 Å². The van der Waals surface area contributed by atoms with Crippen LogP contribution in [0.15, 0.2) is 46.9 Å². The summed E-state index contributed by atoms with van der Waals surface area (Å²) in [5.41, 5.74) is 2.57. The van der Waals surface area contributed by atoms with Crippen molar-refractivity contribution in [3.8, 4) is 5.75 Å². The zero-order valence-corrected chi connectivity index (χ0v) is 17.0. The molecule has 0 aliphatic carbocycles. The lowest BCUT2D eigenvalue weighted by Crippen LogP contribution is -2.41. The molecule has 0 saturated carbocycles. The Labute approximate surface area is 159 Å². The molecule has 2 aromatic rings. The quantitative estimate of drug-likeness (QED) is 0.697. The molecule has 0 unspecified atom stereocenters. The van der Waals surface area contributed by atoms with Crippen LogP contribution in [-0.4, -0.2) is 18.3 Å². The number of hydrogen-bond donors (Lipinski definition) is 0. The normalized spacial score (nSPS) is 18.4. The summed E-state index contributed by atoms with van der Waals surface area (Å²) in [6.07, 6.45) is 0. The zero-order chi connectivity index (χ0) is 18.2. The molecule has 132 valence electrons. The Bertz CT molecular complexity index is 757. The first-order chi connectivity index (χ1) is 11.7. The average Bonchev–Trinajstić information content (AvgIpc) is 2.77.